The first-order valence-corrected chi connectivity index (χ1v) is 7.57. The summed E-state index contributed by atoms with van der Waals surface area (Å²) in [5, 5.41) is 9.12. The van der Waals surface area contributed by atoms with Crippen molar-refractivity contribution in [3.05, 3.63) is 22.7 Å². The zero-order valence-corrected chi connectivity index (χ0v) is 11.9. The van der Waals surface area contributed by atoms with E-state index in [1.807, 2.05) is 12.1 Å². The van der Waals surface area contributed by atoms with E-state index in [9.17, 15) is 4.79 Å². The number of rotatable bonds is 5. The van der Waals surface area contributed by atoms with Crippen LogP contribution in [-0.2, 0) is 10.5 Å². The van der Waals surface area contributed by atoms with E-state index in [0.29, 0.717) is 41.2 Å². The lowest BCUT2D eigenvalue weighted by molar-refractivity contribution is -0.136. The molecule has 0 spiro atoms. The van der Waals surface area contributed by atoms with Crippen LogP contribution in [0, 0.1) is 0 Å². The summed E-state index contributed by atoms with van der Waals surface area (Å²) >= 11 is 7.74. The van der Waals surface area contributed by atoms with Gasteiger partial charge in [0, 0.05) is 17.9 Å². The average Bonchev–Trinajstić information content (AvgIpc) is 2.60. The average molecular weight is 303 g/mol. The second-order valence-corrected chi connectivity index (χ2v) is 5.66. The molecule has 19 heavy (non-hydrogen) atoms. The molecular formula is C13H15ClO4S. The Hall–Kier alpha value is -1.07. The number of hydrogen-bond donors (Lipinski definition) is 1. The lowest BCUT2D eigenvalue weighted by atomic mass is 10.2. The van der Waals surface area contributed by atoms with Crippen LogP contribution < -0.4 is 9.47 Å². The zero-order valence-electron chi connectivity index (χ0n) is 10.4. The van der Waals surface area contributed by atoms with Gasteiger partial charge in [-0.1, -0.05) is 11.6 Å². The molecule has 0 amide bonds. The molecule has 1 N–H and O–H groups in total. The van der Waals surface area contributed by atoms with E-state index in [1.54, 1.807) is 11.8 Å². The van der Waals surface area contributed by atoms with Gasteiger partial charge in [-0.15, -0.1) is 0 Å². The predicted octanol–water partition coefficient (Wildman–Crippen LogP) is 3.21. The van der Waals surface area contributed by atoms with Gasteiger partial charge >= 0.3 is 5.97 Å². The number of halogens is 1. The number of carboxylic acid groups (broad SMARTS) is 1. The van der Waals surface area contributed by atoms with Gasteiger partial charge in [0.15, 0.2) is 11.5 Å². The van der Waals surface area contributed by atoms with E-state index >= 15 is 0 Å². The first kappa shape index (κ1) is 14.3. The van der Waals surface area contributed by atoms with Crippen molar-refractivity contribution in [3.63, 3.8) is 0 Å². The van der Waals surface area contributed by atoms with E-state index in [0.717, 1.165) is 12.0 Å². The van der Waals surface area contributed by atoms with Crippen molar-refractivity contribution in [1.82, 2.24) is 0 Å². The van der Waals surface area contributed by atoms with Crippen LogP contribution >= 0.6 is 23.4 Å². The largest absolute Gasteiger partial charge is 0.489 e. The monoisotopic (exact) mass is 302 g/mol. The van der Waals surface area contributed by atoms with Crippen molar-refractivity contribution in [3.8, 4) is 11.5 Å². The molecule has 1 aromatic rings. The van der Waals surface area contributed by atoms with Crippen LogP contribution in [0.3, 0.4) is 0 Å². The van der Waals surface area contributed by atoms with Gasteiger partial charge in [0.1, 0.15) is 0 Å². The Kier molecular flexibility index (Phi) is 5.22. The van der Waals surface area contributed by atoms with Gasteiger partial charge in [-0.05, 0) is 17.7 Å². The number of benzene rings is 1. The third-order valence-corrected chi connectivity index (χ3v) is 3.90. The summed E-state index contributed by atoms with van der Waals surface area (Å²) in [5.74, 6) is 1.81. The summed E-state index contributed by atoms with van der Waals surface area (Å²) < 4.78 is 11.2. The molecule has 104 valence electrons. The molecule has 4 nitrogen and oxygen atoms in total. The van der Waals surface area contributed by atoms with E-state index in [1.165, 1.54) is 0 Å². The number of carboxylic acids is 1. The van der Waals surface area contributed by atoms with Gasteiger partial charge in [-0.25, -0.2) is 0 Å². The summed E-state index contributed by atoms with van der Waals surface area (Å²) in [6, 6.07) is 3.77. The molecule has 0 unspecified atom stereocenters. The summed E-state index contributed by atoms with van der Waals surface area (Å²) in [6.45, 7) is 1.23. The van der Waals surface area contributed by atoms with Gasteiger partial charge in [-0.3, -0.25) is 4.79 Å². The van der Waals surface area contributed by atoms with Crippen LogP contribution in [0.2, 0.25) is 5.02 Å². The summed E-state index contributed by atoms with van der Waals surface area (Å²) in [7, 11) is 0. The fourth-order valence-electron chi connectivity index (χ4n) is 1.72. The molecule has 1 heterocycles. The second kappa shape index (κ2) is 6.91. The molecule has 0 aromatic heterocycles. The molecule has 1 aromatic carbocycles. The highest BCUT2D eigenvalue weighted by molar-refractivity contribution is 7.98. The van der Waals surface area contributed by atoms with Crippen molar-refractivity contribution in [2.45, 2.75) is 18.6 Å². The third-order valence-electron chi connectivity index (χ3n) is 2.59. The van der Waals surface area contributed by atoms with Gasteiger partial charge in [0.2, 0.25) is 0 Å². The molecule has 0 atom stereocenters. The van der Waals surface area contributed by atoms with Crippen LogP contribution in [0.4, 0.5) is 0 Å². The molecule has 6 heteroatoms. The quantitative estimate of drug-likeness (QED) is 0.846. The van der Waals surface area contributed by atoms with Crippen molar-refractivity contribution in [1.29, 1.82) is 0 Å². The minimum absolute atomic E-state index is 0.170. The second-order valence-electron chi connectivity index (χ2n) is 4.15. The SMILES string of the molecule is O=C(O)CCSCc1cc(Cl)c2c(c1)OCCCO2. The highest BCUT2D eigenvalue weighted by atomic mass is 35.5. The lowest BCUT2D eigenvalue weighted by Gasteiger charge is -2.11. The fourth-order valence-corrected chi connectivity index (χ4v) is 2.87. The maximum Gasteiger partial charge on any atom is 0.304 e. The molecule has 0 saturated heterocycles. The molecule has 1 aliphatic heterocycles. The molecule has 0 radical (unpaired) electrons. The van der Waals surface area contributed by atoms with E-state index in [4.69, 9.17) is 26.2 Å². The van der Waals surface area contributed by atoms with Gasteiger partial charge < -0.3 is 14.6 Å². The number of hydrogen-bond acceptors (Lipinski definition) is 4. The summed E-state index contributed by atoms with van der Waals surface area (Å²) in [6.07, 6.45) is 1.01. The Morgan fingerprint density at radius 2 is 2.16 bits per heavy atom. The normalized spacial score (nSPS) is 13.9. The minimum atomic E-state index is -0.774. The van der Waals surface area contributed by atoms with Gasteiger partial charge in [0.25, 0.3) is 0 Å². The highest BCUT2D eigenvalue weighted by Gasteiger charge is 2.15. The standard InChI is InChI=1S/C13H15ClO4S/c14-10-6-9(8-19-5-2-12(15)16)7-11-13(10)18-4-1-3-17-11/h6-7H,1-5,8H2,(H,15,16). The lowest BCUT2D eigenvalue weighted by Crippen LogP contribution is -1.97. The van der Waals surface area contributed by atoms with E-state index in [-0.39, 0.29) is 6.42 Å². The van der Waals surface area contributed by atoms with Crippen molar-refractivity contribution in [2.75, 3.05) is 19.0 Å². The number of thioether (sulfide) groups is 1. The zero-order chi connectivity index (χ0) is 13.7. The maximum absolute atomic E-state index is 10.4. The summed E-state index contributed by atoms with van der Waals surface area (Å²) in [4.78, 5) is 10.4. The van der Waals surface area contributed by atoms with Gasteiger partial charge in [-0.2, -0.15) is 11.8 Å². The minimum Gasteiger partial charge on any atom is -0.489 e. The smallest absolute Gasteiger partial charge is 0.304 e. The van der Waals surface area contributed by atoms with Crippen LogP contribution in [0.15, 0.2) is 12.1 Å². The maximum atomic E-state index is 10.4. The molecule has 0 fully saturated rings. The van der Waals surface area contributed by atoms with Gasteiger partial charge in [0.05, 0.1) is 24.7 Å². The number of aliphatic carboxylic acids is 1. The first-order chi connectivity index (χ1) is 9.16. The van der Waals surface area contributed by atoms with Crippen LogP contribution in [0.1, 0.15) is 18.4 Å². The number of ether oxygens (including phenoxy) is 2. The highest BCUT2D eigenvalue weighted by Crippen LogP contribution is 2.38. The Labute approximate surface area is 121 Å². The molecule has 2 rings (SSSR count). The van der Waals surface area contributed by atoms with Crippen LogP contribution in [0.25, 0.3) is 0 Å². The summed E-state index contributed by atoms with van der Waals surface area (Å²) in [5.41, 5.74) is 1.02. The molecular weight excluding hydrogens is 288 g/mol. The topological polar surface area (TPSA) is 55.8 Å². The Bertz CT molecular complexity index is 464. The van der Waals surface area contributed by atoms with Crippen LogP contribution in [-0.4, -0.2) is 30.0 Å². The van der Waals surface area contributed by atoms with E-state index < -0.39 is 5.97 Å². The van der Waals surface area contributed by atoms with Crippen LogP contribution in [0.5, 0.6) is 11.5 Å². The van der Waals surface area contributed by atoms with E-state index in [2.05, 4.69) is 0 Å². The first-order valence-electron chi connectivity index (χ1n) is 6.04. The van der Waals surface area contributed by atoms with Crippen molar-refractivity contribution in [2.24, 2.45) is 0 Å². The third kappa shape index (κ3) is 4.21. The fraction of sp³-hybridized carbons (Fsp3) is 0.462. The Morgan fingerprint density at radius 3 is 2.95 bits per heavy atom. The number of fused-ring (bicyclic) bond motifs is 1. The molecule has 0 saturated carbocycles. The molecule has 1 aliphatic rings. The Morgan fingerprint density at radius 1 is 1.37 bits per heavy atom. The molecule has 0 bridgehead atoms. The van der Waals surface area contributed by atoms with Crippen molar-refractivity contribution < 1.29 is 19.4 Å². The molecule has 0 aliphatic carbocycles. The van der Waals surface area contributed by atoms with Crippen molar-refractivity contribution >= 4 is 29.3 Å². The Balaban J connectivity index is 2.00. The number of carbonyl (C=O) groups is 1. The predicted molar refractivity (Wildman–Crippen MR) is 75.5 cm³/mol.